The van der Waals surface area contributed by atoms with Crippen LogP contribution in [0.4, 0.5) is 0 Å². The molecule has 2 fully saturated rings. The summed E-state index contributed by atoms with van der Waals surface area (Å²) in [6, 6.07) is 11.4. The van der Waals surface area contributed by atoms with Crippen LogP contribution in [0.25, 0.3) is 0 Å². The molecule has 27 heavy (non-hydrogen) atoms. The predicted molar refractivity (Wildman–Crippen MR) is 98.6 cm³/mol. The maximum Gasteiger partial charge on any atom is 0.289 e. The van der Waals surface area contributed by atoms with Crippen LogP contribution in [0.2, 0.25) is 0 Å². The van der Waals surface area contributed by atoms with Gasteiger partial charge in [-0.2, -0.15) is 0 Å². The highest BCUT2D eigenvalue weighted by Crippen LogP contribution is 2.41. The molecule has 0 spiro atoms. The van der Waals surface area contributed by atoms with Gasteiger partial charge in [-0.25, -0.2) is 0 Å². The van der Waals surface area contributed by atoms with E-state index in [9.17, 15) is 9.90 Å². The molecule has 1 N–H and O–H groups in total. The number of aliphatic hydroxyl groups excluding tert-OH is 1. The average Bonchev–Trinajstić information content (AvgIpc) is 3.27. The van der Waals surface area contributed by atoms with E-state index in [2.05, 4.69) is 0 Å². The van der Waals surface area contributed by atoms with Gasteiger partial charge in [0.2, 0.25) is 0 Å². The van der Waals surface area contributed by atoms with Crippen molar-refractivity contribution in [2.75, 3.05) is 32.9 Å². The summed E-state index contributed by atoms with van der Waals surface area (Å²) in [5, 5.41) is 9.90. The summed E-state index contributed by atoms with van der Waals surface area (Å²) >= 11 is 0. The van der Waals surface area contributed by atoms with E-state index in [-0.39, 0.29) is 30.5 Å². The summed E-state index contributed by atoms with van der Waals surface area (Å²) in [6.45, 7) is 4.52. The highest BCUT2D eigenvalue weighted by Gasteiger charge is 2.50. The van der Waals surface area contributed by atoms with Crippen LogP contribution in [-0.2, 0) is 11.3 Å². The molecule has 0 aliphatic carbocycles. The summed E-state index contributed by atoms with van der Waals surface area (Å²) in [5.41, 5.74) is 0.462. The number of likely N-dealkylation sites (tertiary alicyclic amines) is 1. The molecular formula is C21H25NO5. The van der Waals surface area contributed by atoms with Crippen molar-refractivity contribution >= 4 is 5.91 Å². The number of benzene rings is 1. The third kappa shape index (κ3) is 3.47. The minimum Gasteiger partial charge on any atom is -0.486 e. The van der Waals surface area contributed by atoms with Crippen LogP contribution in [0.3, 0.4) is 0 Å². The number of carbonyl (C=O) groups is 1. The van der Waals surface area contributed by atoms with Crippen molar-refractivity contribution in [3.8, 4) is 5.75 Å². The molecule has 2 aromatic rings. The van der Waals surface area contributed by atoms with Crippen LogP contribution < -0.4 is 4.74 Å². The molecule has 0 radical (unpaired) electrons. The van der Waals surface area contributed by atoms with Crippen molar-refractivity contribution < 1.29 is 23.8 Å². The summed E-state index contributed by atoms with van der Waals surface area (Å²) < 4.78 is 17.1. The minimum atomic E-state index is -0.340. The van der Waals surface area contributed by atoms with E-state index in [1.165, 1.54) is 0 Å². The molecule has 0 saturated carbocycles. The minimum absolute atomic E-state index is 0.0365. The highest BCUT2D eigenvalue weighted by atomic mass is 16.5. The standard InChI is InChI=1S/C21H25NO5/c1-15-9-18(11-26-17-5-3-2-4-6-17)27-19(15)20(24)22-10-16-7-8-25-14-21(16,12-22)13-23/h2-6,9,16,23H,7-8,10-14H2,1H3/t16-,21+/m0/s1. The molecule has 6 nitrogen and oxygen atoms in total. The maximum atomic E-state index is 13.0. The van der Waals surface area contributed by atoms with Crippen molar-refractivity contribution in [2.45, 2.75) is 20.0 Å². The van der Waals surface area contributed by atoms with E-state index in [0.29, 0.717) is 37.8 Å². The van der Waals surface area contributed by atoms with Crippen LogP contribution in [0.1, 0.15) is 28.3 Å². The van der Waals surface area contributed by atoms with Gasteiger partial charge in [0, 0.05) is 30.7 Å². The van der Waals surface area contributed by atoms with Crippen molar-refractivity contribution in [3.63, 3.8) is 0 Å². The molecule has 2 aliphatic heterocycles. The van der Waals surface area contributed by atoms with Crippen LogP contribution in [-0.4, -0.2) is 48.8 Å². The molecular weight excluding hydrogens is 346 g/mol. The molecule has 4 rings (SSSR count). The number of ether oxygens (including phenoxy) is 2. The van der Waals surface area contributed by atoms with E-state index in [0.717, 1.165) is 17.7 Å². The van der Waals surface area contributed by atoms with E-state index < -0.39 is 0 Å². The van der Waals surface area contributed by atoms with Gasteiger partial charge < -0.3 is 23.9 Å². The number of aliphatic hydroxyl groups is 1. The van der Waals surface area contributed by atoms with Gasteiger partial charge in [0.25, 0.3) is 5.91 Å². The molecule has 1 amide bonds. The molecule has 2 atom stereocenters. The first kappa shape index (κ1) is 18.1. The fraction of sp³-hybridized carbons (Fsp3) is 0.476. The number of furan rings is 1. The number of carbonyl (C=O) groups excluding carboxylic acids is 1. The molecule has 6 heteroatoms. The topological polar surface area (TPSA) is 72.1 Å². The predicted octanol–water partition coefficient (Wildman–Crippen LogP) is 2.64. The molecule has 144 valence electrons. The summed E-state index contributed by atoms with van der Waals surface area (Å²) in [6.07, 6.45) is 0.873. The van der Waals surface area contributed by atoms with Crippen LogP contribution in [0.15, 0.2) is 40.8 Å². The number of nitrogens with zero attached hydrogens (tertiary/aromatic N) is 1. The Morgan fingerprint density at radius 2 is 2.19 bits per heavy atom. The third-order valence-corrected chi connectivity index (χ3v) is 5.70. The van der Waals surface area contributed by atoms with Crippen LogP contribution >= 0.6 is 0 Å². The number of amides is 1. The SMILES string of the molecule is Cc1cc(COc2ccccc2)oc1C(=O)N1C[C@@H]2CCOC[C@]2(CO)C1. The lowest BCUT2D eigenvalue weighted by Crippen LogP contribution is -2.43. The van der Waals surface area contributed by atoms with Gasteiger partial charge in [0.15, 0.2) is 5.76 Å². The van der Waals surface area contributed by atoms with Crippen molar-refractivity contribution in [1.29, 1.82) is 0 Å². The Morgan fingerprint density at radius 1 is 1.37 bits per heavy atom. The van der Waals surface area contributed by atoms with Crippen molar-refractivity contribution in [2.24, 2.45) is 11.3 Å². The molecule has 1 aromatic heterocycles. The van der Waals surface area contributed by atoms with Crippen LogP contribution in [0.5, 0.6) is 5.75 Å². The fourth-order valence-electron chi connectivity index (χ4n) is 4.12. The number of hydrogen-bond acceptors (Lipinski definition) is 5. The molecule has 3 heterocycles. The van der Waals surface area contributed by atoms with E-state index in [1.807, 2.05) is 43.3 Å². The maximum absolute atomic E-state index is 13.0. The normalized spacial score (nSPS) is 24.7. The zero-order valence-electron chi connectivity index (χ0n) is 15.5. The average molecular weight is 371 g/mol. The summed E-state index contributed by atoms with van der Waals surface area (Å²) in [5.74, 6) is 1.89. The van der Waals surface area contributed by atoms with Crippen LogP contribution in [0, 0.1) is 18.3 Å². The zero-order valence-corrected chi connectivity index (χ0v) is 15.5. The first-order chi connectivity index (χ1) is 13.1. The van der Waals surface area contributed by atoms with E-state index in [4.69, 9.17) is 13.9 Å². The van der Waals surface area contributed by atoms with Gasteiger partial charge >= 0.3 is 0 Å². The first-order valence-corrected chi connectivity index (χ1v) is 9.36. The Kier molecular flexibility index (Phi) is 4.93. The Morgan fingerprint density at radius 3 is 2.93 bits per heavy atom. The van der Waals surface area contributed by atoms with Crippen molar-refractivity contribution in [1.82, 2.24) is 4.90 Å². The molecule has 0 bridgehead atoms. The Bertz CT molecular complexity index is 802. The number of fused-ring (bicyclic) bond motifs is 1. The molecule has 2 saturated heterocycles. The lowest BCUT2D eigenvalue weighted by Gasteiger charge is -2.36. The van der Waals surface area contributed by atoms with Crippen molar-refractivity contribution in [3.05, 3.63) is 53.5 Å². The molecule has 1 aromatic carbocycles. The first-order valence-electron chi connectivity index (χ1n) is 9.36. The second-order valence-electron chi connectivity index (χ2n) is 7.57. The number of hydrogen-bond donors (Lipinski definition) is 1. The lowest BCUT2D eigenvalue weighted by molar-refractivity contribution is -0.0557. The summed E-state index contributed by atoms with van der Waals surface area (Å²) in [4.78, 5) is 14.8. The smallest absolute Gasteiger partial charge is 0.289 e. The monoisotopic (exact) mass is 371 g/mol. The van der Waals surface area contributed by atoms with E-state index >= 15 is 0 Å². The number of rotatable bonds is 5. The van der Waals surface area contributed by atoms with Gasteiger partial charge in [0.1, 0.15) is 18.1 Å². The van der Waals surface area contributed by atoms with Gasteiger partial charge in [0.05, 0.1) is 13.2 Å². The number of para-hydroxylation sites is 1. The molecule has 2 aliphatic rings. The highest BCUT2D eigenvalue weighted by molar-refractivity contribution is 5.93. The lowest BCUT2D eigenvalue weighted by atomic mass is 9.76. The van der Waals surface area contributed by atoms with Gasteiger partial charge in [-0.05, 0) is 37.5 Å². The van der Waals surface area contributed by atoms with Gasteiger partial charge in [-0.1, -0.05) is 18.2 Å². The largest absolute Gasteiger partial charge is 0.486 e. The second-order valence-corrected chi connectivity index (χ2v) is 7.57. The summed E-state index contributed by atoms with van der Waals surface area (Å²) in [7, 11) is 0. The molecule has 0 unspecified atom stereocenters. The van der Waals surface area contributed by atoms with Gasteiger partial charge in [-0.15, -0.1) is 0 Å². The number of aryl methyl sites for hydroxylation is 1. The zero-order chi connectivity index (χ0) is 18.9. The fourth-order valence-corrected chi connectivity index (χ4v) is 4.12. The third-order valence-electron chi connectivity index (χ3n) is 5.70. The Hall–Kier alpha value is -2.31. The Balaban J connectivity index is 1.45. The second kappa shape index (κ2) is 7.37. The quantitative estimate of drug-likeness (QED) is 0.875. The van der Waals surface area contributed by atoms with E-state index in [1.54, 1.807) is 4.90 Å². The van der Waals surface area contributed by atoms with Gasteiger partial charge in [-0.3, -0.25) is 4.79 Å². The Labute approximate surface area is 158 Å².